The summed E-state index contributed by atoms with van der Waals surface area (Å²) in [6.07, 6.45) is 0. The lowest BCUT2D eigenvalue weighted by atomic mass is 10.3. The Kier molecular flexibility index (Phi) is 4.14. The van der Waals surface area contributed by atoms with E-state index in [1.807, 2.05) is 0 Å². The Balaban J connectivity index is 2.60. The number of ether oxygens (including phenoxy) is 1. The number of esters is 1. The lowest BCUT2D eigenvalue weighted by Gasteiger charge is -2.09. The average Bonchev–Trinajstić information content (AvgIpc) is 2.16. The molecule has 0 aromatic heterocycles. The molecule has 0 aliphatic carbocycles. The van der Waals surface area contributed by atoms with E-state index in [0.717, 1.165) is 0 Å². The normalized spacial score (nSPS) is 13.6. The molecular formula is C8H9N2O4PS. The van der Waals surface area contributed by atoms with E-state index < -0.39 is 18.4 Å². The molecule has 1 aromatic carbocycles. The third-order valence-corrected chi connectivity index (χ3v) is 2.20. The van der Waals surface area contributed by atoms with Crippen LogP contribution in [0.25, 0.3) is 0 Å². The van der Waals surface area contributed by atoms with Gasteiger partial charge in [-0.25, -0.2) is 4.79 Å². The maximum Gasteiger partial charge on any atom is 0.402 e. The molecule has 0 aliphatic heterocycles. The highest BCUT2D eigenvalue weighted by molar-refractivity contribution is 8.10. The third-order valence-electron chi connectivity index (χ3n) is 1.40. The molecule has 1 unspecified atom stereocenters. The molecule has 0 radical (unpaired) electrons. The number of nitrogens with one attached hydrogen (secondary N) is 1. The first-order chi connectivity index (χ1) is 7.38. The van der Waals surface area contributed by atoms with E-state index in [9.17, 15) is 9.59 Å². The van der Waals surface area contributed by atoms with Crippen LogP contribution in [0.1, 0.15) is 0 Å². The first-order valence-corrected chi connectivity index (χ1v) is 6.92. The van der Waals surface area contributed by atoms with E-state index in [-0.39, 0.29) is 5.75 Å². The monoisotopic (exact) mass is 260 g/mol. The molecule has 0 saturated carbocycles. The van der Waals surface area contributed by atoms with Crippen molar-refractivity contribution in [1.82, 2.24) is 5.09 Å². The molecule has 0 aliphatic rings. The molecule has 0 bridgehead atoms. The van der Waals surface area contributed by atoms with E-state index in [1.54, 1.807) is 23.3 Å². The van der Waals surface area contributed by atoms with Crippen molar-refractivity contribution < 1.29 is 19.2 Å². The average molecular weight is 260 g/mol. The minimum absolute atomic E-state index is 0.214. The molecule has 4 N–H and O–H groups in total. The van der Waals surface area contributed by atoms with Crippen LogP contribution in [-0.4, -0.2) is 16.8 Å². The Morgan fingerprint density at radius 2 is 1.94 bits per heavy atom. The van der Waals surface area contributed by atoms with Gasteiger partial charge in [-0.05, 0) is 23.9 Å². The van der Waals surface area contributed by atoms with Crippen LogP contribution >= 0.6 is 6.57 Å². The zero-order chi connectivity index (χ0) is 12.2. The zero-order valence-electron chi connectivity index (χ0n) is 7.99. The van der Waals surface area contributed by atoms with E-state index in [2.05, 4.69) is 16.5 Å². The third kappa shape index (κ3) is 4.50. The molecule has 0 spiro atoms. The number of carbonyl (C=O) groups is 2. The Hall–Kier alpha value is -1.27. The van der Waals surface area contributed by atoms with Gasteiger partial charge in [0, 0.05) is 0 Å². The van der Waals surface area contributed by atoms with Crippen molar-refractivity contribution in [2.75, 3.05) is 0 Å². The van der Waals surface area contributed by atoms with Gasteiger partial charge in [-0.1, -0.05) is 18.2 Å². The fourth-order valence-corrected chi connectivity index (χ4v) is 1.46. The molecule has 1 amide bonds. The van der Waals surface area contributed by atoms with Crippen molar-refractivity contribution in [2.45, 2.75) is 0 Å². The largest absolute Gasteiger partial charge is 0.419 e. The second-order valence-corrected chi connectivity index (χ2v) is 5.91. The van der Waals surface area contributed by atoms with Crippen molar-refractivity contribution in [1.29, 1.82) is 0 Å². The van der Waals surface area contributed by atoms with Gasteiger partial charge in [0.2, 0.25) is 6.57 Å². The molecule has 0 heterocycles. The van der Waals surface area contributed by atoms with Gasteiger partial charge in [-0.2, -0.15) is 0 Å². The van der Waals surface area contributed by atoms with Crippen molar-refractivity contribution >= 4 is 30.2 Å². The Morgan fingerprint density at radius 3 is 2.44 bits per heavy atom. The van der Waals surface area contributed by atoms with Crippen LogP contribution in [0.5, 0.6) is 5.75 Å². The zero-order valence-corrected chi connectivity index (χ0v) is 9.70. The van der Waals surface area contributed by atoms with Crippen LogP contribution in [0.3, 0.4) is 0 Å². The van der Waals surface area contributed by atoms with Gasteiger partial charge in [0.05, 0.1) is 0 Å². The fourth-order valence-electron chi connectivity index (χ4n) is 0.833. The van der Waals surface area contributed by atoms with Gasteiger partial charge >= 0.3 is 11.9 Å². The Bertz CT molecular complexity index is 445. The second-order valence-electron chi connectivity index (χ2n) is 2.77. The van der Waals surface area contributed by atoms with E-state index in [1.165, 1.54) is 12.1 Å². The SMILES string of the molecule is NP(O)(=S)NC(=O)C(=O)Oc1ccccc1. The standard InChI is InChI=1S/C8H9N2O4PS/c9-15(13,16)10-7(11)8(12)14-6-4-2-1-3-5-6/h1-5H,(H4,9,10,11,13,16). The van der Waals surface area contributed by atoms with Gasteiger partial charge in [0.1, 0.15) is 5.75 Å². The Morgan fingerprint density at radius 1 is 1.38 bits per heavy atom. The van der Waals surface area contributed by atoms with Crippen LogP contribution in [0.4, 0.5) is 0 Å². The summed E-state index contributed by atoms with van der Waals surface area (Å²) in [5, 5.41) is 1.78. The van der Waals surface area contributed by atoms with Crippen molar-refractivity contribution in [3.05, 3.63) is 30.3 Å². The van der Waals surface area contributed by atoms with Crippen LogP contribution in [-0.2, 0) is 21.4 Å². The molecule has 6 nitrogen and oxygen atoms in total. The summed E-state index contributed by atoms with van der Waals surface area (Å²) in [6, 6.07) is 8.01. The van der Waals surface area contributed by atoms with Crippen molar-refractivity contribution in [2.24, 2.45) is 5.50 Å². The maximum atomic E-state index is 11.2. The summed E-state index contributed by atoms with van der Waals surface area (Å²) >= 11 is 4.35. The van der Waals surface area contributed by atoms with Gasteiger partial charge < -0.3 is 9.63 Å². The molecule has 1 rings (SSSR count). The molecule has 1 aromatic rings. The first-order valence-electron chi connectivity index (χ1n) is 4.09. The number of amides is 1. The molecule has 0 saturated heterocycles. The number of benzene rings is 1. The number of rotatable bonds is 2. The predicted molar refractivity (Wildman–Crippen MR) is 60.9 cm³/mol. The number of hydrogen-bond donors (Lipinski definition) is 3. The minimum Gasteiger partial charge on any atom is -0.419 e. The molecule has 0 fully saturated rings. The Labute approximate surface area is 96.6 Å². The van der Waals surface area contributed by atoms with E-state index in [4.69, 9.17) is 10.4 Å². The number of nitrogens with two attached hydrogens (primary N) is 1. The highest BCUT2D eigenvalue weighted by Crippen LogP contribution is 2.23. The highest BCUT2D eigenvalue weighted by Gasteiger charge is 2.20. The van der Waals surface area contributed by atoms with Gasteiger partial charge in [0.15, 0.2) is 0 Å². The lowest BCUT2D eigenvalue weighted by molar-refractivity contribution is -0.147. The van der Waals surface area contributed by atoms with Gasteiger partial charge in [-0.3, -0.25) is 15.4 Å². The number of carbonyl (C=O) groups excluding carboxylic acids is 2. The summed E-state index contributed by atoms with van der Waals surface area (Å²) in [4.78, 5) is 31.2. The van der Waals surface area contributed by atoms with E-state index in [0.29, 0.717) is 0 Å². The summed E-state index contributed by atoms with van der Waals surface area (Å²) in [7, 11) is 0. The first kappa shape index (κ1) is 12.8. The highest BCUT2D eigenvalue weighted by atomic mass is 32.4. The molecule has 1 atom stereocenters. The van der Waals surface area contributed by atoms with Gasteiger partial charge in [0.25, 0.3) is 0 Å². The van der Waals surface area contributed by atoms with E-state index >= 15 is 0 Å². The molecule has 16 heavy (non-hydrogen) atoms. The smallest absolute Gasteiger partial charge is 0.402 e. The number of para-hydroxylation sites is 1. The molecular weight excluding hydrogens is 251 g/mol. The van der Waals surface area contributed by atoms with Crippen LogP contribution in [0, 0.1) is 0 Å². The van der Waals surface area contributed by atoms with Crippen LogP contribution in [0.2, 0.25) is 0 Å². The van der Waals surface area contributed by atoms with Crippen molar-refractivity contribution in [3.8, 4) is 5.75 Å². The van der Waals surface area contributed by atoms with Crippen LogP contribution in [0.15, 0.2) is 30.3 Å². The second kappa shape index (κ2) is 5.18. The quantitative estimate of drug-likeness (QED) is 0.297. The summed E-state index contributed by atoms with van der Waals surface area (Å²) in [5.41, 5.74) is 5.01. The topological polar surface area (TPSA) is 102 Å². The fraction of sp³-hybridized carbons (Fsp3) is 0. The maximum absolute atomic E-state index is 11.2. The molecule has 86 valence electrons. The summed E-state index contributed by atoms with van der Waals surface area (Å²) < 4.78 is 4.68. The number of hydrogen-bond acceptors (Lipinski definition) is 4. The summed E-state index contributed by atoms with van der Waals surface area (Å²) in [5.74, 6) is -2.14. The lowest BCUT2D eigenvalue weighted by Crippen LogP contribution is -2.33. The van der Waals surface area contributed by atoms with Crippen molar-refractivity contribution in [3.63, 3.8) is 0 Å². The molecule has 8 heteroatoms. The van der Waals surface area contributed by atoms with Gasteiger partial charge in [-0.15, -0.1) is 0 Å². The summed E-state index contributed by atoms with van der Waals surface area (Å²) in [6.45, 7) is -3.45. The minimum atomic E-state index is -3.45. The predicted octanol–water partition coefficient (Wildman–Crippen LogP) is -0.116. The van der Waals surface area contributed by atoms with Crippen LogP contribution < -0.4 is 15.3 Å².